The molecule has 1 saturated heterocycles. The van der Waals surface area contributed by atoms with E-state index in [-0.39, 0.29) is 6.04 Å². The number of hydrogen-bond donors (Lipinski definition) is 2. The molecule has 1 aliphatic heterocycles. The number of rotatable bonds is 5. The van der Waals surface area contributed by atoms with Crippen molar-refractivity contribution in [3.63, 3.8) is 0 Å². The monoisotopic (exact) mass is 377 g/mol. The summed E-state index contributed by atoms with van der Waals surface area (Å²) in [4.78, 5) is 2.47. The Morgan fingerprint density at radius 2 is 2.08 bits per heavy atom. The lowest BCUT2D eigenvalue weighted by atomic mass is 10.1. The van der Waals surface area contributed by atoms with E-state index in [0.29, 0.717) is 11.7 Å². The zero-order valence-electron chi connectivity index (χ0n) is 14.4. The molecule has 134 valence electrons. The van der Waals surface area contributed by atoms with Gasteiger partial charge in [-0.2, -0.15) is 0 Å². The Morgan fingerprint density at radius 3 is 2.76 bits per heavy atom. The fraction of sp³-hybridized carbons (Fsp3) is 0.421. The van der Waals surface area contributed by atoms with Gasteiger partial charge in [0.1, 0.15) is 5.76 Å². The van der Waals surface area contributed by atoms with Crippen molar-refractivity contribution in [2.45, 2.75) is 32.2 Å². The van der Waals surface area contributed by atoms with Crippen molar-refractivity contribution >= 4 is 34.6 Å². The summed E-state index contributed by atoms with van der Waals surface area (Å²) in [6, 6.07) is 10.0. The van der Waals surface area contributed by atoms with Crippen molar-refractivity contribution in [1.29, 1.82) is 0 Å². The molecule has 0 bridgehead atoms. The Hall–Kier alpha value is -1.56. The summed E-state index contributed by atoms with van der Waals surface area (Å²) in [5.74, 6) is 0.982. The molecular formula is C19H24ClN3OS. The average Bonchev–Trinajstić information content (AvgIpc) is 3.14. The maximum absolute atomic E-state index is 6.17. The van der Waals surface area contributed by atoms with Gasteiger partial charge in [0.25, 0.3) is 0 Å². The lowest BCUT2D eigenvalue weighted by Crippen LogP contribution is -2.41. The molecule has 2 N–H and O–H groups in total. The van der Waals surface area contributed by atoms with Gasteiger partial charge in [-0.3, -0.25) is 4.90 Å². The second-order valence-electron chi connectivity index (χ2n) is 6.43. The fourth-order valence-electron chi connectivity index (χ4n) is 3.16. The summed E-state index contributed by atoms with van der Waals surface area (Å²) in [6.45, 7) is 4.88. The Labute approximate surface area is 159 Å². The molecule has 2 heterocycles. The first kappa shape index (κ1) is 18.2. The zero-order chi connectivity index (χ0) is 17.6. The fourth-order valence-corrected chi connectivity index (χ4v) is 3.54. The Balaban J connectivity index is 1.60. The second kappa shape index (κ2) is 8.70. The third kappa shape index (κ3) is 4.97. The highest BCUT2D eigenvalue weighted by Crippen LogP contribution is 2.25. The molecule has 1 fully saturated rings. The topological polar surface area (TPSA) is 40.4 Å². The standard InChI is InChI=1S/C19H24ClN3OS/c1-14-7-8-15(12-16(14)20)22-19(25)21-13-17(18-6-5-11-24-18)23-9-3-2-4-10-23/h5-8,11-12,17H,2-4,9-10,13H2,1H3,(H2,21,22,25)/t17-/m1/s1. The maximum Gasteiger partial charge on any atom is 0.170 e. The van der Waals surface area contributed by atoms with Gasteiger partial charge in [0.15, 0.2) is 5.11 Å². The predicted molar refractivity (Wildman–Crippen MR) is 107 cm³/mol. The van der Waals surface area contributed by atoms with Crippen LogP contribution in [0.3, 0.4) is 0 Å². The number of nitrogens with one attached hydrogen (secondary N) is 2. The summed E-state index contributed by atoms with van der Waals surface area (Å²) >= 11 is 11.6. The number of halogens is 1. The summed E-state index contributed by atoms with van der Waals surface area (Å²) in [5, 5.41) is 7.85. The van der Waals surface area contributed by atoms with E-state index in [0.717, 1.165) is 35.1 Å². The predicted octanol–water partition coefficient (Wildman–Crippen LogP) is 4.76. The highest BCUT2D eigenvalue weighted by Gasteiger charge is 2.24. The lowest BCUT2D eigenvalue weighted by molar-refractivity contribution is 0.146. The molecule has 3 rings (SSSR count). The number of aryl methyl sites for hydroxylation is 1. The van der Waals surface area contributed by atoms with E-state index >= 15 is 0 Å². The van der Waals surface area contributed by atoms with Crippen LogP contribution >= 0.6 is 23.8 Å². The third-order valence-electron chi connectivity index (χ3n) is 4.59. The first-order valence-corrected chi connectivity index (χ1v) is 9.50. The van der Waals surface area contributed by atoms with Gasteiger partial charge in [-0.25, -0.2) is 0 Å². The van der Waals surface area contributed by atoms with Crippen LogP contribution in [-0.4, -0.2) is 29.6 Å². The molecule has 0 spiro atoms. The molecular weight excluding hydrogens is 354 g/mol. The summed E-state index contributed by atoms with van der Waals surface area (Å²) < 4.78 is 5.67. The van der Waals surface area contributed by atoms with Crippen molar-refractivity contribution in [1.82, 2.24) is 10.2 Å². The molecule has 0 saturated carbocycles. The molecule has 1 atom stereocenters. The minimum Gasteiger partial charge on any atom is -0.468 e. The first-order chi connectivity index (χ1) is 12.1. The minimum absolute atomic E-state index is 0.191. The number of likely N-dealkylation sites (tertiary alicyclic amines) is 1. The van der Waals surface area contributed by atoms with Crippen LogP contribution in [0.25, 0.3) is 0 Å². The third-order valence-corrected chi connectivity index (χ3v) is 5.24. The highest BCUT2D eigenvalue weighted by atomic mass is 35.5. The van der Waals surface area contributed by atoms with Crippen LogP contribution in [-0.2, 0) is 0 Å². The van der Waals surface area contributed by atoms with E-state index in [1.54, 1.807) is 6.26 Å². The number of piperidine rings is 1. The van der Waals surface area contributed by atoms with Gasteiger partial charge < -0.3 is 15.1 Å². The van der Waals surface area contributed by atoms with Crippen LogP contribution < -0.4 is 10.6 Å². The first-order valence-electron chi connectivity index (χ1n) is 8.72. The van der Waals surface area contributed by atoms with Crippen LogP contribution in [0, 0.1) is 6.92 Å². The van der Waals surface area contributed by atoms with E-state index in [4.69, 9.17) is 28.2 Å². The van der Waals surface area contributed by atoms with Gasteiger partial charge in [0.2, 0.25) is 0 Å². The molecule has 0 aliphatic carbocycles. The van der Waals surface area contributed by atoms with Gasteiger partial charge in [0, 0.05) is 17.3 Å². The van der Waals surface area contributed by atoms with Gasteiger partial charge in [-0.1, -0.05) is 24.1 Å². The molecule has 25 heavy (non-hydrogen) atoms. The Morgan fingerprint density at radius 1 is 1.28 bits per heavy atom. The smallest absolute Gasteiger partial charge is 0.170 e. The molecule has 2 aromatic rings. The lowest BCUT2D eigenvalue weighted by Gasteiger charge is -2.33. The van der Waals surface area contributed by atoms with Gasteiger partial charge in [0.05, 0.1) is 12.3 Å². The van der Waals surface area contributed by atoms with Crippen LogP contribution in [0.5, 0.6) is 0 Å². The summed E-state index contributed by atoms with van der Waals surface area (Å²) in [6.07, 6.45) is 5.52. The number of benzene rings is 1. The van der Waals surface area contributed by atoms with Crippen molar-refractivity contribution < 1.29 is 4.42 Å². The SMILES string of the molecule is Cc1ccc(NC(=S)NC[C@H](c2ccco2)N2CCCCC2)cc1Cl. The highest BCUT2D eigenvalue weighted by molar-refractivity contribution is 7.80. The van der Waals surface area contributed by atoms with Gasteiger partial charge in [-0.15, -0.1) is 0 Å². The molecule has 1 aromatic heterocycles. The van der Waals surface area contributed by atoms with Gasteiger partial charge >= 0.3 is 0 Å². The van der Waals surface area contributed by atoms with E-state index in [9.17, 15) is 0 Å². The summed E-state index contributed by atoms with van der Waals surface area (Å²) in [5.41, 5.74) is 1.94. The van der Waals surface area contributed by atoms with E-state index in [1.165, 1.54) is 19.3 Å². The molecule has 4 nitrogen and oxygen atoms in total. The molecule has 0 radical (unpaired) electrons. The number of furan rings is 1. The second-order valence-corrected chi connectivity index (χ2v) is 7.24. The van der Waals surface area contributed by atoms with Crippen molar-refractivity contribution in [3.05, 3.63) is 52.9 Å². The van der Waals surface area contributed by atoms with E-state index in [2.05, 4.69) is 15.5 Å². The summed E-state index contributed by atoms with van der Waals surface area (Å²) in [7, 11) is 0. The zero-order valence-corrected chi connectivity index (χ0v) is 16.0. The quantitative estimate of drug-likeness (QED) is 0.735. The van der Waals surface area contributed by atoms with Crippen LogP contribution in [0.4, 0.5) is 5.69 Å². The van der Waals surface area contributed by atoms with Gasteiger partial charge in [-0.05, 0) is 74.9 Å². The minimum atomic E-state index is 0.191. The molecule has 0 unspecified atom stereocenters. The van der Waals surface area contributed by atoms with Crippen LogP contribution in [0.2, 0.25) is 5.02 Å². The maximum atomic E-state index is 6.17. The number of hydrogen-bond acceptors (Lipinski definition) is 3. The Kier molecular flexibility index (Phi) is 6.34. The van der Waals surface area contributed by atoms with Crippen molar-refractivity contribution in [3.8, 4) is 0 Å². The van der Waals surface area contributed by atoms with Crippen molar-refractivity contribution in [2.24, 2.45) is 0 Å². The van der Waals surface area contributed by atoms with Crippen LogP contribution in [0.15, 0.2) is 41.0 Å². The Bertz CT molecular complexity index is 699. The largest absolute Gasteiger partial charge is 0.468 e. The number of nitrogens with zero attached hydrogens (tertiary/aromatic N) is 1. The number of thiocarbonyl (C=S) groups is 1. The number of anilines is 1. The molecule has 1 aromatic carbocycles. The molecule has 6 heteroatoms. The average molecular weight is 378 g/mol. The van der Waals surface area contributed by atoms with Crippen molar-refractivity contribution in [2.75, 3.05) is 25.0 Å². The molecule has 1 aliphatic rings. The molecule has 0 amide bonds. The van der Waals surface area contributed by atoms with E-state index in [1.807, 2.05) is 37.3 Å². The van der Waals surface area contributed by atoms with Crippen LogP contribution in [0.1, 0.15) is 36.6 Å². The van der Waals surface area contributed by atoms with E-state index < -0.39 is 0 Å². The normalized spacial score (nSPS) is 16.4.